The van der Waals surface area contributed by atoms with E-state index in [2.05, 4.69) is 35.8 Å². The first kappa shape index (κ1) is 34.3. The van der Waals surface area contributed by atoms with Crippen molar-refractivity contribution in [1.29, 1.82) is 0 Å². The summed E-state index contributed by atoms with van der Waals surface area (Å²) in [7, 11) is 1.69. The third-order valence-corrected chi connectivity index (χ3v) is 11.4. The van der Waals surface area contributed by atoms with Gasteiger partial charge in [0, 0.05) is 49.3 Å². The molecule has 0 aromatic heterocycles. The number of benzene rings is 3. The van der Waals surface area contributed by atoms with Crippen molar-refractivity contribution in [2.24, 2.45) is 5.41 Å². The maximum atomic E-state index is 14.3. The summed E-state index contributed by atoms with van der Waals surface area (Å²) in [6.07, 6.45) is 6.18. The molecule has 0 spiro atoms. The van der Waals surface area contributed by atoms with Crippen LogP contribution in [0.3, 0.4) is 0 Å². The number of ether oxygens (including phenoxy) is 1. The third kappa shape index (κ3) is 6.80. The van der Waals surface area contributed by atoms with Crippen molar-refractivity contribution >= 4 is 11.5 Å². The largest absolute Gasteiger partial charge is 0.495 e. The molecule has 6 nitrogen and oxygen atoms in total. The number of fused-ring (bicyclic) bond motifs is 8. The average Bonchev–Trinajstić information content (AvgIpc) is 3.33. The van der Waals surface area contributed by atoms with Crippen molar-refractivity contribution in [2.75, 3.05) is 44.7 Å². The molecule has 3 aliphatic carbocycles. The first-order chi connectivity index (χ1) is 23.0. The minimum absolute atomic E-state index is 0.0791. The summed E-state index contributed by atoms with van der Waals surface area (Å²) in [5.74, 6) is -1.73. The summed E-state index contributed by atoms with van der Waals surface area (Å²) in [6, 6.07) is 17.1. The lowest BCUT2D eigenvalue weighted by Crippen LogP contribution is -2.56. The lowest BCUT2D eigenvalue weighted by Gasteiger charge is -2.47. The SMILES string of the molecule is COc1ccccc1N1CCN(C[C@]2(O)CC[C@H]3c4ccc(cc4C(=O)c4ccc(F)c(F)c4)C[C@@H](O)CCC(C)=CCC[C@@]32C)CC1. The van der Waals surface area contributed by atoms with Crippen molar-refractivity contribution < 1.29 is 28.5 Å². The molecular weight excluding hydrogens is 610 g/mol. The minimum atomic E-state index is -1.07. The molecule has 1 saturated heterocycles. The Labute approximate surface area is 283 Å². The molecule has 1 heterocycles. The van der Waals surface area contributed by atoms with E-state index in [-0.39, 0.29) is 17.3 Å². The van der Waals surface area contributed by atoms with E-state index in [4.69, 9.17) is 4.74 Å². The van der Waals surface area contributed by atoms with Gasteiger partial charge in [-0.3, -0.25) is 9.69 Å². The number of halogens is 2. The van der Waals surface area contributed by atoms with Gasteiger partial charge in [-0.05, 0) is 105 Å². The molecule has 0 amide bonds. The Bertz CT molecular complexity index is 1670. The lowest BCUT2D eigenvalue weighted by atomic mass is 9.64. The van der Waals surface area contributed by atoms with Crippen LogP contribution >= 0.6 is 0 Å². The van der Waals surface area contributed by atoms with Crippen molar-refractivity contribution in [3.05, 3.63) is 106 Å². The highest BCUT2D eigenvalue weighted by atomic mass is 19.2. The van der Waals surface area contributed by atoms with Gasteiger partial charge in [0.25, 0.3) is 0 Å². The number of β-amino-alcohol motifs (C(OH)–C–C–N with tert-alkyl or cyclic N) is 1. The smallest absolute Gasteiger partial charge is 0.193 e. The number of carbonyl (C=O) groups is 1. The van der Waals surface area contributed by atoms with E-state index >= 15 is 0 Å². The van der Waals surface area contributed by atoms with Crippen molar-refractivity contribution in [2.45, 2.75) is 76.4 Å². The molecule has 1 saturated carbocycles. The van der Waals surface area contributed by atoms with E-state index in [1.54, 1.807) is 7.11 Å². The number of nitrogens with zero attached hydrogens (tertiary/aromatic N) is 2. The third-order valence-electron chi connectivity index (χ3n) is 11.4. The van der Waals surface area contributed by atoms with Crippen LogP contribution < -0.4 is 9.64 Å². The van der Waals surface area contributed by atoms with Gasteiger partial charge in [0.15, 0.2) is 17.4 Å². The molecular formula is C40H48F2N2O4. The van der Waals surface area contributed by atoms with Crippen LogP contribution in [-0.2, 0) is 6.42 Å². The number of methoxy groups -OCH3 is 1. The summed E-state index contributed by atoms with van der Waals surface area (Å²) >= 11 is 0. The second kappa shape index (κ2) is 14.1. The van der Waals surface area contributed by atoms with Crippen LogP contribution in [0.15, 0.2) is 72.3 Å². The maximum absolute atomic E-state index is 14.3. The summed E-state index contributed by atoms with van der Waals surface area (Å²) < 4.78 is 33.8. The van der Waals surface area contributed by atoms with Crippen LogP contribution in [0.2, 0.25) is 0 Å². The number of anilines is 1. The topological polar surface area (TPSA) is 73.2 Å². The van der Waals surface area contributed by atoms with Crippen LogP contribution in [0.1, 0.15) is 85.3 Å². The molecule has 0 radical (unpaired) electrons. The van der Waals surface area contributed by atoms with Gasteiger partial charge >= 0.3 is 0 Å². The van der Waals surface area contributed by atoms with E-state index in [9.17, 15) is 23.8 Å². The molecule has 1 aliphatic heterocycles. The van der Waals surface area contributed by atoms with Crippen LogP contribution in [-0.4, -0.2) is 72.4 Å². The normalized spacial score (nSPS) is 26.9. The Kier molecular flexibility index (Phi) is 10.1. The maximum Gasteiger partial charge on any atom is 0.193 e. The van der Waals surface area contributed by atoms with E-state index in [0.717, 1.165) is 80.1 Å². The van der Waals surface area contributed by atoms with E-state index in [0.29, 0.717) is 37.8 Å². The van der Waals surface area contributed by atoms with Crippen molar-refractivity contribution in [1.82, 2.24) is 4.90 Å². The van der Waals surface area contributed by atoms with Gasteiger partial charge in [0.1, 0.15) is 5.75 Å². The fourth-order valence-electron chi connectivity index (χ4n) is 8.40. The number of piperazine rings is 1. The van der Waals surface area contributed by atoms with E-state index in [1.807, 2.05) is 36.4 Å². The zero-order chi connectivity index (χ0) is 34.1. The van der Waals surface area contributed by atoms with Gasteiger partial charge in [-0.1, -0.05) is 42.8 Å². The number of ketones is 1. The fourth-order valence-corrected chi connectivity index (χ4v) is 8.40. The molecule has 0 unspecified atom stereocenters. The van der Waals surface area contributed by atoms with Gasteiger partial charge in [0.05, 0.1) is 24.5 Å². The number of allylic oxidation sites excluding steroid dienone is 2. The Balaban J connectivity index is 1.33. The van der Waals surface area contributed by atoms with Gasteiger partial charge in [-0.25, -0.2) is 8.78 Å². The van der Waals surface area contributed by atoms with Gasteiger partial charge < -0.3 is 19.8 Å². The van der Waals surface area contributed by atoms with E-state index < -0.39 is 28.8 Å². The molecule has 4 aliphatic rings. The quantitative estimate of drug-likeness (QED) is 0.218. The Morgan fingerprint density at radius 2 is 1.75 bits per heavy atom. The molecule has 3 aromatic rings. The second-order valence-corrected chi connectivity index (χ2v) is 14.3. The van der Waals surface area contributed by atoms with Gasteiger partial charge in [-0.2, -0.15) is 0 Å². The van der Waals surface area contributed by atoms with Gasteiger partial charge in [0.2, 0.25) is 0 Å². The molecule has 2 N–H and O–H groups in total. The van der Waals surface area contributed by atoms with Crippen LogP contribution in [0.4, 0.5) is 14.5 Å². The summed E-state index contributed by atoms with van der Waals surface area (Å²) in [5, 5.41) is 23.6. The number of rotatable bonds is 6. The van der Waals surface area contributed by atoms with Gasteiger partial charge in [-0.15, -0.1) is 0 Å². The van der Waals surface area contributed by atoms with Crippen LogP contribution in [0.5, 0.6) is 5.75 Å². The number of para-hydroxylation sites is 2. The van der Waals surface area contributed by atoms with Crippen LogP contribution in [0.25, 0.3) is 0 Å². The number of aliphatic hydroxyl groups is 2. The highest BCUT2D eigenvalue weighted by Gasteiger charge is 2.57. The lowest BCUT2D eigenvalue weighted by molar-refractivity contribution is -0.0841. The molecule has 3 aromatic carbocycles. The highest BCUT2D eigenvalue weighted by molar-refractivity contribution is 6.10. The highest BCUT2D eigenvalue weighted by Crippen LogP contribution is 2.59. The predicted octanol–water partition coefficient (Wildman–Crippen LogP) is 7.07. The minimum Gasteiger partial charge on any atom is -0.495 e. The number of hydrogen-bond acceptors (Lipinski definition) is 6. The zero-order valence-electron chi connectivity index (χ0n) is 28.4. The molecule has 2 bridgehead atoms. The number of aliphatic hydroxyl groups excluding tert-OH is 1. The molecule has 256 valence electrons. The Hall–Kier alpha value is -3.59. The molecule has 48 heavy (non-hydrogen) atoms. The van der Waals surface area contributed by atoms with Crippen LogP contribution in [0, 0.1) is 17.0 Å². The van der Waals surface area contributed by atoms with Crippen molar-refractivity contribution in [3.8, 4) is 5.75 Å². The molecule has 4 atom stereocenters. The standard InChI is InChI=1S/C40H48F2N2O4/c1-27-7-6-17-39(2)33(16-18-40(39,47)26-43-19-21-44(22-20-43)36-8-4-5-9-37(36)48-3)31-14-11-28(23-30(45)13-10-27)24-32(31)38(46)29-12-15-34(41)35(42)25-29/h4-5,7-9,11-12,14-15,24-25,30,33,45,47H,6,10,13,16-23,26H2,1-3H3/t30-,33-,39-,40+/m0/s1. The first-order valence-corrected chi connectivity index (χ1v) is 17.3. The fraction of sp³-hybridized carbons (Fsp3) is 0.475. The first-order valence-electron chi connectivity index (χ1n) is 17.3. The number of carbonyl (C=O) groups excluding carboxylic acids is 1. The number of hydrogen-bond donors (Lipinski definition) is 2. The molecule has 8 heteroatoms. The molecule has 7 rings (SSSR count). The average molecular weight is 659 g/mol. The zero-order valence-corrected chi connectivity index (χ0v) is 28.4. The monoisotopic (exact) mass is 658 g/mol. The summed E-state index contributed by atoms with van der Waals surface area (Å²) in [6.45, 7) is 8.05. The Morgan fingerprint density at radius 1 is 0.979 bits per heavy atom. The Morgan fingerprint density at radius 3 is 2.50 bits per heavy atom. The summed E-state index contributed by atoms with van der Waals surface area (Å²) in [5.41, 5.74) is 2.87. The van der Waals surface area contributed by atoms with Crippen molar-refractivity contribution in [3.63, 3.8) is 0 Å². The summed E-state index contributed by atoms with van der Waals surface area (Å²) in [4.78, 5) is 18.8. The molecule has 2 fully saturated rings. The van der Waals surface area contributed by atoms with E-state index in [1.165, 1.54) is 11.6 Å². The predicted molar refractivity (Wildman–Crippen MR) is 185 cm³/mol. The second-order valence-electron chi connectivity index (χ2n) is 14.3.